The Hall–Kier alpha value is -0.970. The van der Waals surface area contributed by atoms with E-state index in [2.05, 4.69) is 14.2 Å². The fourth-order valence-electron chi connectivity index (χ4n) is 0.606. The molecule has 1 aliphatic rings. The van der Waals surface area contributed by atoms with Gasteiger partial charge in [0.2, 0.25) is 0 Å². The molecule has 0 amide bonds. The highest BCUT2D eigenvalue weighted by atomic mass is 35.5. The summed E-state index contributed by atoms with van der Waals surface area (Å²) < 4.78 is 13.3. The summed E-state index contributed by atoms with van der Waals surface area (Å²) in [5, 5.41) is 0. The highest BCUT2D eigenvalue weighted by Crippen LogP contribution is 2.06. The Kier molecular flexibility index (Phi) is 2.53. The molecule has 0 bridgehead atoms. The van der Waals surface area contributed by atoms with Gasteiger partial charge in [0.1, 0.15) is 13.2 Å². The molecule has 0 unspecified atom stereocenters. The van der Waals surface area contributed by atoms with Crippen molar-refractivity contribution in [1.82, 2.24) is 0 Å². The maximum atomic E-state index is 10.3. The Bertz CT molecular complexity index is 180. The van der Waals surface area contributed by atoms with Crippen LogP contribution < -0.4 is 0 Å². The van der Waals surface area contributed by atoms with E-state index in [0.717, 1.165) is 0 Å². The van der Waals surface area contributed by atoms with Crippen molar-refractivity contribution in [3.8, 4) is 0 Å². The van der Waals surface area contributed by atoms with Gasteiger partial charge in [-0.25, -0.2) is 9.59 Å². The molecule has 1 saturated heterocycles. The van der Waals surface area contributed by atoms with Gasteiger partial charge in [-0.3, -0.25) is 0 Å². The number of carbonyl (C=O) groups excluding carboxylic acids is 2. The van der Waals surface area contributed by atoms with Crippen molar-refractivity contribution >= 4 is 23.2 Å². The summed E-state index contributed by atoms with van der Waals surface area (Å²) in [4.78, 5) is 20.3. The van der Waals surface area contributed by atoms with Gasteiger partial charge in [0, 0.05) is 11.6 Å². The molecule has 1 rings (SSSR count). The number of hydrogen-bond acceptors (Lipinski definition) is 5. The molecule has 62 valence electrons. The summed E-state index contributed by atoms with van der Waals surface area (Å²) in [5.74, 6) is 0. The van der Waals surface area contributed by atoms with Crippen molar-refractivity contribution in [2.45, 2.75) is 6.10 Å². The summed E-state index contributed by atoms with van der Waals surface area (Å²) in [6.45, 7) is 0.0388. The van der Waals surface area contributed by atoms with Gasteiger partial charge in [-0.05, 0) is 0 Å². The van der Waals surface area contributed by atoms with Crippen LogP contribution in [0.1, 0.15) is 0 Å². The van der Waals surface area contributed by atoms with Gasteiger partial charge in [-0.2, -0.15) is 0 Å². The van der Waals surface area contributed by atoms with Gasteiger partial charge in [0.15, 0.2) is 6.10 Å². The van der Waals surface area contributed by atoms with E-state index in [1.165, 1.54) is 0 Å². The summed E-state index contributed by atoms with van der Waals surface area (Å²) >= 11 is 4.85. The van der Waals surface area contributed by atoms with Crippen LogP contribution in [0.25, 0.3) is 0 Å². The van der Waals surface area contributed by atoms with Crippen molar-refractivity contribution in [2.75, 3.05) is 13.2 Å². The number of ether oxygens (including phenoxy) is 3. The van der Waals surface area contributed by atoms with Crippen LogP contribution in [0.3, 0.4) is 0 Å². The van der Waals surface area contributed by atoms with Crippen molar-refractivity contribution in [3.05, 3.63) is 0 Å². The minimum absolute atomic E-state index is 0.0614. The molecule has 1 heterocycles. The molecule has 1 fully saturated rings. The normalized spacial score (nSPS) is 22.3. The van der Waals surface area contributed by atoms with Crippen LogP contribution >= 0.6 is 11.6 Å². The smallest absolute Gasteiger partial charge is 0.450 e. The average molecular weight is 181 g/mol. The van der Waals surface area contributed by atoms with Gasteiger partial charge in [-0.15, -0.1) is 0 Å². The molecule has 0 N–H and O–H groups in total. The predicted octanol–water partition coefficient (Wildman–Crippen LogP) is 0.897. The van der Waals surface area contributed by atoms with Crippen LogP contribution in [-0.2, 0) is 14.2 Å². The summed E-state index contributed by atoms with van der Waals surface area (Å²) in [6.07, 6.45) is -1.27. The zero-order valence-corrected chi connectivity index (χ0v) is 6.17. The van der Waals surface area contributed by atoms with E-state index in [4.69, 9.17) is 11.6 Å². The average Bonchev–Trinajstić information content (AvgIpc) is 2.31. The van der Waals surface area contributed by atoms with Crippen LogP contribution in [0.4, 0.5) is 9.59 Å². The molecule has 0 aromatic carbocycles. The summed E-state index contributed by atoms with van der Waals surface area (Å²) in [5.41, 5.74) is -0.923. The van der Waals surface area contributed by atoms with Crippen molar-refractivity contribution in [1.29, 1.82) is 0 Å². The largest absolute Gasteiger partial charge is 0.508 e. The molecule has 11 heavy (non-hydrogen) atoms. The Labute approximate surface area is 67.2 Å². The molecular formula is C5H5ClO5. The Morgan fingerprint density at radius 3 is 3.00 bits per heavy atom. The molecule has 0 saturated carbocycles. The zero-order chi connectivity index (χ0) is 8.27. The maximum Gasteiger partial charge on any atom is 0.508 e. The minimum atomic E-state index is -0.923. The highest BCUT2D eigenvalue weighted by Gasteiger charge is 2.25. The molecule has 1 aliphatic heterocycles. The second-order valence-electron chi connectivity index (χ2n) is 1.85. The molecule has 0 aromatic rings. The van der Waals surface area contributed by atoms with Gasteiger partial charge >= 0.3 is 11.6 Å². The third-order valence-corrected chi connectivity index (χ3v) is 1.14. The third kappa shape index (κ3) is 2.63. The van der Waals surface area contributed by atoms with Gasteiger partial charge < -0.3 is 14.2 Å². The highest BCUT2D eigenvalue weighted by molar-refractivity contribution is 6.61. The van der Waals surface area contributed by atoms with E-state index in [0.29, 0.717) is 0 Å². The molecular weight excluding hydrogens is 176 g/mol. The Morgan fingerprint density at radius 2 is 2.55 bits per heavy atom. The first-order valence-electron chi connectivity index (χ1n) is 2.84. The van der Waals surface area contributed by atoms with E-state index < -0.39 is 17.7 Å². The van der Waals surface area contributed by atoms with E-state index in [1.54, 1.807) is 0 Å². The van der Waals surface area contributed by atoms with Gasteiger partial charge in [-0.1, -0.05) is 0 Å². The molecule has 5 nitrogen and oxygen atoms in total. The standard InChI is InChI=1S/C5H5ClO5/c6-4(7)9-1-3-2-10-5(8)11-3/h3H,1-2H2/t3-/m0/s1. The zero-order valence-electron chi connectivity index (χ0n) is 5.41. The first-order valence-corrected chi connectivity index (χ1v) is 3.22. The van der Waals surface area contributed by atoms with E-state index >= 15 is 0 Å². The monoisotopic (exact) mass is 180 g/mol. The van der Waals surface area contributed by atoms with Crippen molar-refractivity contribution in [3.63, 3.8) is 0 Å². The number of rotatable bonds is 2. The molecule has 6 heteroatoms. The molecule has 1 atom stereocenters. The lowest BCUT2D eigenvalue weighted by atomic mass is 10.4. The summed E-state index contributed by atoms with van der Waals surface area (Å²) in [6, 6.07) is 0. The van der Waals surface area contributed by atoms with Crippen molar-refractivity contribution < 1.29 is 23.8 Å². The first kappa shape index (κ1) is 8.13. The predicted molar refractivity (Wildman–Crippen MR) is 33.4 cm³/mol. The van der Waals surface area contributed by atoms with Crippen LogP contribution in [0, 0.1) is 0 Å². The molecule has 0 spiro atoms. The fraction of sp³-hybridized carbons (Fsp3) is 0.600. The van der Waals surface area contributed by atoms with Gasteiger partial charge in [0.05, 0.1) is 0 Å². The SMILES string of the molecule is O=C(Cl)OC[C@H]1COC(=O)O1. The van der Waals surface area contributed by atoms with E-state index in [9.17, 15) is 9.59 Å². The Balaban J connectivity index is 2.18. The molecule has 0 radical (unpaired) electrons. The van der Waals surface area contributed by atoms with Crippen LogP contribution in [0.5, 0.6) is 0 Å². The quantitative estimate of drug-likeness (QED) is 0.467. The first-order chi connectivity index (χ1) is 5.18. The second kappa shape index (κ2) is 3.43. The number of carbonyl (C=O) groups is 2. The lowest BCUT2D eigenvalue weighted by molar-refractivity contribution is 0.0823. The topological polar surface area (TPSA) is 61.8 Å². The lowest BCUT2D eigenvalue weighted by Gasteiger charge is -2.03. The second-order valence-corrected chi connectivity index (χ2v) is 2.16. The number of hydrogen-bond donors (Lipinski definition) is 0. The van der Waals surface area contributed by atoms with E-state index in [1.807, 2.05) is 0 Å². The fourth-order valence-corrected chi connectivity index (χ4v) is 0.669. The van der Waals surface area contributed by atoms with E-state index in [-0.39, 0.29) is 13.2 Å². The number of cyclic esters (lactones) is 2. The minimum Gasteiger partial charge on any atom is -0.450 e. The molecule has 0 aliphatic carbocycles. The Morgan fingerprint density at radius 1 is 1.82 bits per heavy atom. The van der Waals surface area contributed by atoms with Crippen LogP contribution in [0.2, 0.25) is 0 Å². The summed E-state index contributed by atoms with van der Waals surface area (Å²) in [7, 11) is 0. The van der Waals surface area contributed by atoms with Crippen molar-refractivity contribution in [2.24, 2.45) is 0 Å². The molecule has 0 aromatic heterocycles. The maximum absolute atomic E-state index is 10.3. The van der Waals surface area contributed by atoms with Gasteiger partial charge in [0.25, 0.3) is 0 Å². The number of halogens is 1. The third-order valence-electron chi connectivity index (χ3n) is 1.03. The lowest BCUT2D eigenvalue weighted by Crippen LogP contribution is -2.18. The van der Waals surface area contributed by atoms with Crippen LogP contribution in [0.15, 0.2) is 0 Å². The van der Waals surface area contributed by atoms with Crippen LogP contribution in [-0.4, -0.2) is 30.9 Å².